The third-order valence-corrected chi connectivity index (χ3v) is 4.82. The number of rotatable bonds is 6. The number of nitrogens with zero attached hydrogens (tertiary/aromatic N) is 1. The van der Waals surface area contributed by atoms with E-state index >= 15 is 0 Å². The van der Waals surface area contributed by atoms with Crippen molar-refractivity contribution in [3.8, 4) is 11.5 Å². The zero-order valence-electron chi connectivity index (χ0n) is 16.4. The van der Waals surface area contributed by atoms with Crippen LogP contribution in [0, 0.1) is 6.92 Å². The molecule has 1 N–H and O–H groups in total. The summed E-state index contributed by atoms with van der Waals surface area (Å²) in [4.78, 5) is 38.2. The minimum atomic E-state index is -0.437. The molecule has 0 fully saturated rings. The highest BCUT2D eigenvalue weighted by Gasteiger charge is 2.36. The van der Waals surface area contributed by atoms with Crippen molar-refractivity contribution in [2.24, 2.45) is 0 Å². The summed E-state index contributed by atoms with van der Waals surface area (Å²) in [6.07, 6.45) is 0. The van der Waals surface area contributed by atoms with Gasteiger partial charge in [-0.1, -0.05) is 42.0 Å². The number of hydrogen-bond donors (Lipinski definition) is 1. The lowest BCUT2D eigenvalue weighted by molar-refractivity contribution is -0.121. The van der Waals surface area contributed by atoms with Crippen LogP contribution in [-0.2, 0) is 11.3 Å². The molecular formula is C24H20N2O4. The second-order valence-electron chi connectivity index (χ2n) is 7.08. The Balaban J connectivity index is 1.32. The number of aryl methyl sites for hydroxylation is 1. The van der Waals surface area contributed by atoms with E-state index in [0.29, 0.717) is 16.9 Å². The number of imide groups is 1. The average molecular weight is 400 g/mol. The van der Waals surface area contributed by atoms with Crippen molar-refractivity contribution in [1.82, 2.24) is 10.2 Å². The third kappa shape index (κ3) is 4.07. The standard InChI is InChI=1S/C24H20N2O4/c1-16-7-12-20-21(13-16)24(29)26(23(20)28)15-22(27)25-14-17-8-10-19(11-9-17)30-18-5-3-2-4-6-18/h2-13H,14-15H2,1H3,(H,25,27). The molecular weight excluding hydrogens is 380 g/mol. The molecule has 0 saturated carbocycles. The largest absolute Gasteiger partial charge is 0.457 e. The summed E-state index contributed by atoms with van der Waals surface area (Å²) in [5.41, 5.74) is 2.46. The number of nitrogens with one attached hydrogen (secondary N) is 1. The molecule has 3 amide bonds. The Morgan fingerprint density at radius 1 is 0.867 bits per heavy atom. The molecule has 150 valence electrons. The fourth-order valence-corrected chi connectivity index (χ4v) is 3.25. The molecule has 6 heteroatoms. The Morgan fingerprint density at radius 2 is 1.53 bits per heavy atom. The number of benzene rings is 3. The van der Waals surface area contributed by atoms with Crippen molar-refractivity contribution in [3.05, 3.63) is 95.1 Å². The summed E-state index contributed by atoms with van der Waals surface area (Å²) in [7, 11) is 0. The van der Waals surface area contributed by atoms with Gasteiger partial charge in [0.05, 0.1) is 11.1 Å². The van der Waals surface area contributed by atoms with E-state index in [2.05, 4.69) is 5.32 Å². The van der Waals surface area contributed by atoms with Gasteiger partial charge >= 0.3 is 0 Å². The minimum Gasteiger partial charge on any atom is -0.457 e. The average Bonchev–Trinajstić information content (AvgIpc) is 2.98. The molecule has 0 aromatic heterocycles. The van der Waals surface area contributed by atoms with Crippen LogP contribution < -0.4 is 10.1 Å². The summed E-state index contributed by atoms with van der Waals surface area (Å²) in [5.74, 6) is 0.168. The van der Waals surface area contributed by atoms with Crippen molar-refractivity contribution in [1.29, 1.82) is 0 Å². The van der Waals surface area contributed by atoms with Gasteiger partial charge in [0.15, 0.2) is 0 Å². The number of amides is 3. The van der Waals surface area contributed by atoms with Crippen LogP contribution in [0.1, 0.15) is 31.8 Å². The summed E-state index contributed by atoms with van der Waals surface area (Å²) in [5, 5.41) is 2.75. The van der Waals surface area contributed by atoms with Gasteiger partial charge in [-0.2, -0.15) is 0 Å². The Bertz CT molecular complexity index is 1110. The maximum Gasteiger partial charge on any atom is 0.262 e. The van der Waals surface area contributed by atoms with Gasteiger partial charge in [-0.3, -0.25) is 19.3 Å². The van der Waals surface area contributed by atoms with E-state index in [0.717, 1.165) is 21.8 Å². The van der Waals surface area contributed by atoms with Crippen LogP contribution in [0.15, 0.2) is 72.8 Å². The van der Waals surface area contributed by atoms with Crippen molar-refractivity contribution in [2.45, 2.75) is 13.5 Å². The molecule has 1 heterocycles. The van der Waals surface area contributed by atoms with E-state index in [9.17, 15) is 14.4 Å². The van der Waals surface area contributed by atoms with Gasteiger partial charge in [-0.15, -0.1) is 0 Å². The lowest BCUT2D eigenvalue weighted by atomic mass is 10.1. The number of para-hydroxylation sites is 1. The molecule has 4 rings (SSSR count). The molecule has 0 spiro atoms. The van der Waals surface area contributed by atoms with Crippen LogP contribution in [0.4, 0.5) is 0 Å². The highest BCUT2D eigenvalue weighted by Crippen LogP contribution is 2.24. The lowest BCUT2D eigenvalue weighted by Crippen LogP contribution is -2.40. The third-order valence-electron chi connectivity index (χ3n) is 4.82. The first-order chi connectivity index (χ1) is 14.5. The summed E-state index contributed by atoms with van der Waals surface area (Å²) in [6, 6.07) is 21.9. The molecule has 3 aromatic carbocycles. The van der Waals surface area contributed by atoms with Gasteiger partial charge in [0.2, 0.25) is 5.91 Å². The highest BCUT2D eigenvalue weighted by molar-refractivity contribution is 6.22. The second-order valence-corrected chi connectivity index (χ2v) is 7.08. The Hall–Kier alpha value is -3.93. The quantitative estimate of drug-likeness (QED) is 0.640. The highest BCUT2D eigenvalue weighted by atomic mass is 16.5. The van der Waals surface area contributed by atoms with E-state index in [-0.39, 0.29) is 13.1 Å². The van der Waals surface area contributed by atoms with Crippen molar-refractivity contribution >= 4 is 17.7 Å². The number of ether oxygens (including phenoxy) is 1. The molecule has 0 saturated heterocycles. The van der Waals surface area contributed by atoms with Crippen molar-refractivity contribution in [3.63, 3.8) is 0 Å². The molecule has 0 aliphatic carbocycles. The Kier molecular flexibility index (Phi) is 5.30. The van der Waals surface area contributed by atoms with Gasteiger partial charge in [-0.05, 0) is 48.9 Å². The summed E-state index contributed by atoms with van der Waals surface area (Å²) >= 11 is 0. The van der Waals surface area contributed by atoms with Crippen LogP contribution in [0.25, 0.3) is 0 Å². The number of fused-ring (bicyclic) bond motifs is 1. The van der Waals surface area contributed by atoms with Crippen LogP contribution in [0.5, 0.6) is 11.5 Å². The Labute approximate surface area is 174 Å². The molecule has 1 aliphatic rings. The van der Waals surface area contributed by atoms with Crippen LogP contribution >= 0.6 is 0 Å². The van der Waals surface area contributed by atoms with Gasteiger partial charge in [0.1, 0.15) is 18.0 Å². The Morgan fingerprint density at radius 3 is 2.27 bits per heavy atom. The molecule has 0 bridgehead atoms. The van der Waals surface area contributed by atoms with Crippen LogP contribution in [0.2, 0.25) is 0 Å². The van der Waals surface area contributed by atoms with E-state index in [1.165, 1.54) is 0 Å². The van der Waals surface area contributed by atoms with Gasteiger partial charge in [0, 0.05) is 6.54 Å². The van der Waals surface area contributed by atoms with Crippen LogP contribution in [-0.4, -0.2) is 29.2 Å². The van der Waals surface area contributed by atoms with Crippen molar-refractivity contribution in [2.75, 3.05) is 6.54 Å². The second kappa shape index (κ2) is 8.21. The van der Waals surface area contributed by atoms with E-state index < -0.39 is 17.7 Å². The minimum absolute atomic E-state index is 0.284. The lowest BCUT2D eigenvalue weighted by Gasteiger charge is -2.14. The van der Waals surface area contributed by atoms with E-state index in [1.54, 1.807) is 18.2 Å². The normalized spacial score (nSPS) is 12.6. The van der Waals surface area contributed by atoms with E-state index in [4.69, 9.17) is 4.74 Å². The molecule has 3 aromatic rings. The maximum atomic E-state index is 12.5. The van der Waals surface area contributed by atoms with Gasteiger partial charge < -0.3 is 10.1 Å². The maximum absolute atomic E-state index is 12.5. The number of carbonyl (C=O) groups excluding carboxylic acids is 3. The molecule has 0 atom stereocenters. The SMILES string of the molecule is Cc1ccc2c(c1)C(=O)N(CC(=O)NCc1ccc(Oc3ccccc3)cc1)C2=O. The zero-order valence-corrected chi connectivity index (χ0v) is 16.4. The van der Waals surface area contributed by atoms with Crippen LogP contribution in [0.3, 0.4) is 0 Å². The molecule has 30 heavy (non-hydrogen) atoms. The smallest absolute Gasteiger partial charge is 0.262 e. The predicted molar refractivity (Wildman–Crippen MR) is 111 cm³/mol. The van der Waals surface area contributed by atoms with Gasteiger partial charge in [-0.25, -0.2) is 0 Å². The monoisotopic (exact) mass is 400 g/mol. The first-order valence-electron chi connectivity index (χ1n) is 9.56. The summed E-state index contributed by atoms with van der Waals surface area (Å²) < 4.78 is 5.74. The van der Waals surface area contributed by atoms with Crippen molar-refractivity contribution < 1.29 is 19.1 Å². The first-order valence-corrected chi connectivity index (χ1v) is 9.56. The topological polar surface area (TPSA) is 75.7 Å². The molecule has 0 radical (unpaired) electrons. The van der Waals surface area contributed by atoms with E-state index in [1.807, 2.05) is 61.5 Å². The first kappa shape index (κ1) is 19.4. The number of hydrogen-bond acceptors (Lipinski definition) is 4. The fraction of sp³-hybridized carbons (Fsp3) is 0.125. The fourth-order valence-electron chi connectivity index (χ4n) is 3.25. The molecule has 1 aliphatic heterocycles. The predicted octanol–water partition coefficient (Wildman–Crippen LogP) is 3.70. The molecule has 0 unspecified atom stereocenters. The molecule has 6 nitrogen and oxygen atoms in total. The zero-order chi connectivity index (χ0) is 21.1. The van der Waals surface area contributed by atoms with Gasteiger partial charge in [0.25, 0.3) is 11.8 Å². The number of carbonyl (C=O) groups is 3. The summed E-state index contributed by atoms with van der Waals surface area (Å²) in [6.45, 7) is 1.83.